The van der Waals surface area contributed by atoms with Gasteiger partial charge in [-0.25, -0.2) is 4.98 Å². The van der Waals surface area contributed by atoms with Crippen molar-refractivity contribution in [1.82, 2.24) is 14.9 Å². The maximum Gasteiger partial charge on any atom is 0.150 e. The first kappa shape index (κ1) is 14.8. The van der Waals surface area contributed by atoms with Gasteiger partial charge in [-0.05, 0) is 36.2 Å². The van der Waals surface area contributed by atoms with Gasteiger partial charge in [-0.1, -0.05) is 33.3 Å². The molecule has 114 valence electrons. The molecule has 2 heterocycles. The average Bonchev–Trinajstić information content (AvgIpc) is 3.09. The van der Waals surface area contributed by atoms with E-state index >= 15 is 0 Å². The Morgan fingerprint density at radius 2 is 2.33 bits per heavy atom. The summed E-state index contributed by atoms with van der Waals surface area (Å²) in [4.78, 5) is 5.88. The molecular weight excluding hydrogens is 278 g/mol. The molecule has 0 bridgehead atoms. The SMILES string of the molecule is CCNC1C(n2ccnc2-c2cccs2)CCCC1(C)C. The van der Waals surface area contributed by atoms with Crippen LogP contribution in [0.5, 0.6) is 0 Å². The van der Waals surface area contributed by atoms with Crippen molar-refractivity contribution < 1.29 is 0 Å². The highest BCUT2D eigenvalue weighted by Crippen LogP contribution is 2.42. The predicted octanol–water partition coefficient (Wildman–Crippen LogP) is 4.34. The number of likely N-dealkylation sites (N-methyl/N-ethyl adjacent to an activating group) is 1. The summed E-state index contributed by atoms with van der Waals surface area (Å²) < 4.78 is 2.40. The summed E-state index contributed by atoms with van der Waals surface area (Å²) in [5.41, 5.74) is 0.329. The quantitative estimate of drug-likeness (QED) is 0.910. The smallest absolute Gasteiger partial charge is 0.150 e. The largest absolute Gasteiger partial charge is 0.326 e. The molecule has 1 aliphatic rings. The standard InChI is InChI=1S/C17H25N3S/c1-4-18-15-13(7-5-9-17(15,2)3)20-11-10-19-16(20)14-8-6-12-21-14/h6,8,10-13,15,18H,4-5,7,9H2,1-3H3. The Bertz CT molecular complexity index is 571. The third-order valence-electron chi connectivity index (χ3n) is 4.74. The van der Waals surface area contributed by atoms with E-state index in [1.54, 1.807) is 11.3 Å². The summed E-state index contributed by atoms with van der Waals surface area (Å²) in [6.45, 7) is 8.02. The summed E-state index contributed by atoms with van der Waals surface area (Å²) in [7, 11) is 0. The molecule has 3 rings (SSSR count). The summed E-state index contributed by atoms with van der Waals surface area (Å²) in [5, 5.41) is 5.87. The summed E-state index contributed by atoms with van der Waals surface area (Å²) in [6, 6.07) is 5.27. The van der Waals surface area contributed by atoms with Gasteiger partial charge in [0.15, 0.2) is 0 Å². The molecule has 4 heteroatoms. The van der Waals surface area contributed by atoms with Crippen molar-refractivity contribution >= 4 is 11.3 Å². The molecule has 2 aromatic heterocycles. The van der Waals surface area contributed by atoms with Crippen LogP contribution in [0.1, 0.15) is 46.1 Å². The van der Waals surface area contributed by atoms with Gasteiger partial charge in [-0.3, -0.25) is 0 Å². The van der Waals surface area contributed by atoms with E-state index in [9.17, 15) is 0 Å². The average molecular weight is 303 g/mol. The lowest BCUT2D eigenvalue weighted by Gasteiger charge is -2.45. The summed E-state index contributed by atoms with van der Waals surface area (Å²) in [5.74, 6) is 1.12. The van der Waals surface area contributed by atoms with E-state index in [0.29, 0.717) is 17.5 Å². The Labute approximate surface area is 131 Å². The molecule has 0 amide bonds. The molecule has 0 spiro atoms. The fourth-order valence-corrected chi connectivity index (χ4v) is 4.44. The second-order valence-corrected chi connectivity index (χ2v) is 7.57. The van der Waals surface area contributed by atoms with Crippen molar-refractivity contribution in [2.75, 3.05) is 6.54 Å². The van der Waals surface area contributed by atoms with Crippen LogP contribution in [0, 0.1) is 5.41 Å². The number of hydrogen-bond acceptors (Lipinski definition) is 3. The van der Waals surface area contributed by atoms with Gasteiger partial charge in [0.2, 0.25) is 0 Å². The number of nitrogens with zero attached hydrogens (tertiary/aromatic N) is 2. The van der Waals surface area contributed by atoms with Gasteiger partial charge in [-0.2, -0.15) is 0 Å². The number of aromatic nitrogens is 2. The fraction of sp³-hybridized carbons (Fsp3) is 0.588. The van der Waals surface area contributed by atoms with E-state index in [-0.39, 0.29) is 0 Å². The highest BCUT2D eigenvalue weighted by atomic mass is 32.1. The first-order chi connectivity index (χ1) is 10.1. The minimum absolute atomic E-state index is 0.329. The topological polar surface area (TPSA) is 29.9 Å². The molecule has 2 aromatic rings. The van der Waals surface area contributed by atoms with Crippen LogP contribution in [0.2, 0.25) is 0 Å². The van der Waals surface area contributed by atoms with Crippen LogP contribution >= 0.6 is 11.3 Å². The highest BCUT2D eigenvalue weighted by Gasteiger charge is 2.39. The van der Waals surface area contributed by atoms with Crippen LogP contribution in [0.4, 0.5) is 0 Å². The van der Waals surface area contributed by atoms with Gasteiger partial charge in [-0.15, -0.1) is 11.3 Å². The molecule has 2 atom stereocenters. The van der Waals surface area contributed by atoms with Gasteiger partial charge in [0.1, 0.15) is 5.82 Å². The second-order valence-electron chi connectivity index (χ2n) is 6.62. The predicted molar refractivity (Wildman–Crippen MR) is 89.7 cm³/mol. The zero-order valence-electron chi connectivity index (χ0n) is 13.2. The highest BCUT2D eigenvalue weighted by molar-refractivity contribution is 7.13. The van der Waals surface area contributed by atoms with Crippen LogP contribution in [0.15, 0.2) is 29.9 Å². The van der Waals surface area contributed by atoms with E-state index in [4.69, 9.17) is 0 Å². The zero-order valence-corrected chi connectivity index (χ0v) is 14.0. The van der Waals surface area contributed by atoms with Gasteiger partial charge >= 0.3 is 0 Å². The molecular formula is C17H25N3S. The van der Waals surface area contributed by atoms with Crippen LogP contribution in [0.25, 0.3) is 10.7 Å². The zero-order chi connectivity index (χ0) is 14.9. The molecule has 1 fully saturated rings. The van der Waals surface area contributed by atoms with Crippen molar-refractivity contribution in [1.29, 1.82) is 0 Å². The Morgan fingerprint density at radius 3 is 3.05 bits per heavy atom. The Morgan fingerprint density at radius 1 is 1.48 bits per heavy atom. The van der Waals surface area contributed by atoms with E-state index in [1.807, 2.05) is 6.20 Å². The minimum Gasteiger partial charge on any atom is -0.326 e. The van der Waals surface area contributed by atoms with Gasteiger partial charge in [0, 0.05) is 18.4 Å². The van der Waals surface area contributed by atoms with E-state index < -0.39 is 0 Å². The number of imidazole rings is 1. The molecule has 0 aromatic carbocycles. The van der Waals surface area contributed by atoms with E-state index in [2.05, 4.69) is 59.3 Å². The number of hydrogen-bond donors (Lipinski definition) is 1. The maximum absolute atomic E-state index is 4.62. The van der Waals surface area contributed by atoms with Crippen molar-refractivity contribution in [3.8, 4) is 10.7 Å². The van der Waals surface area contributed by atoms with Crippen molar-refractivity contribution in [3.05, 3.63) is 29.9 Å². The molecule has 1 aliphatic carbocycles. The molecule has 1 saturated carbocycles. The normalized spacial score (nSPS) is 25.1. The second kappa shape index (κ2) is 5.93. The number of rotatable bonds is 4. The maximum atomic E-state index is 4.62. The van der Waals surface area contributed by atoms with Crippen molar-refractivity contribution in [2.24, 2.45) is 5.41 Å². The first-order valence-corrected chi connectivity index (χ1v) is 8.81. The van der Waals surface area contributed by atoms with Crippen molar-refractivity contribution in [3.63, 3.8) is 0 Å². The van der Waals surface area contributed by atoms with Crippen molar-refractivity contribution in [2.45, 2.75) is 52.1 Å². The molecule has 21 heavy (non-hydrogen) atoms. The minimum atomic E-state index is 0.329. The molecule has 0 saturated heterocycles. The summed E-state index contributed by atoms with van der Waals surface area (Å²) in [6.07, 6.45) is 7.92. The number of thiophene rings is 1. The lowest BCUT2D eigenvalue weighted by molar-refractivity contribution is 0.115. The molecule has 3 nitrogen and oxygen atoms in total. The lowest BCUT2D eigenvalue weighted by Crippen LogP contribution is -2.50. The van der Waals surface area contributed by atoms with E-state index in [1.165, 1.54) is 24.1 Å². The van der Waals surface area contributed by atoms with Crippen LogP contribution < -0.4 is 5.32 Å². The Kier molecular flexibility index (Phi) is 4.18. The number of nitrogens with one attached hydrogen (secondary N) is 1. The first-order valence-electron chi connectivity index (χ1n) is 7.93. The molecule has 2 unspecified atom stereocenters. The van der Waals surface area contributed by atoms with Gasteiger partial charge in [0.25, 0.3) is 0 Å². The monoisotopic (exact) mass is 303 g/mol. The third kappa shape index (κ3) is 2.79. The van der Waals surface area contributed by atoms with E-state index in [0.717, 1.165) is 12.4 Å². The molecule has 0 aliphatic heterocycles. The van der Waals surface area contributed by atoms with Crippen LogP contribution in [0.3, 0.4) is 0 Å². The van der Waals surface area contributed by atoms with Crippen LogP contribution in [-0.2, 0) is 0 Å². The lowest BCUT2D eigenvalue weighted by atomic mass is 9.70. The van der Waals surface area contributed by atoms with Crippen LogP contribution in [-0.4, -0.2) is 22.1 Å². The molecule has 1 N–H and O–H groups in total. The Hall–Kier alpha value is -1.13. The summed E-state index contributed by atoms with van der Waals surface area (Å²) >= 11 is 1.77. The fourth-order valence-electron chi connectivity index (χ4n) is 3.72. The van der Waals surface area contributed by atoms with Gasteiger partial charge < -0.3 is 9.88 Å². The third-order valence-corrected chi connectivity index (χ3v) is 5.61. The molecule has 0 radical (unpaired) electrons. The Balaban J connectivity index is 1.97. The van der Waals surface area contributed by atoms with Gasteiger partial charge in [0.05, 0.1) is 10.9 Å².